The second-order valence-electron chi connectivity index (χ2n) is 7.52. The third kappa shape index (κ3) is 4.06. The summed E-state index contributed by atoms with van der Waals surface area (Å²) < 4.78 is 7.93. The number of carbonyl (C=O) groups is 1. The molecule has 1 aliphatic heterocycles. The van der Waals surface area contributed by atoms with Crippen LogP contribution in [0.2, 0.25) is 23.2 Å². The maximum atomic E-state index is 12.1. The molecule has 1 fully saturated rings. The molecule has 0 aliphatic carbocycles. The van der Waals surface area contributed by atoms with Gasteiger partial charge in [0.05, 0.1) is 13.0 Å². The van der Waals surface area contributed by atoms with Gasteiger partial charge in [-0.1, -0.05) is 69.8 Å². The lowest BCUT2D eigenvalue weighted by Crippen LogP contribution is -2.68. The minimum atomic E-state index is -1.86. The van der Waals surface area contributed by atoms with Crippen molar-refractivity contribution in [2.24, 2.45) is 0 Å². The number of amides is 1. The van der Waals surface area contributed by atoms with Gasteiger partial charge in [0.1, 0.15) is 6.23 Å². The van der Waals surface area contributed by atoms with Gasteiger partial charge in [-0.05, 0) is 22.7 Å². The number of nitrogens with zero attached hydrogens (tertiary/aromatic N) is 1. The van der Waals surface area contributed by atoms with Crippen LogP contribution in [-0.2, 0) is 9.53 Å². The highest BCUT2D eigenvalue weighted by Crippen LogP contribution is 2.43. The van der Waals surface area contributed by atoms with E-state index >= 15 is 0 Å². The van der Waals surface area contributed by atoms with Gasteiger partial charge in [0.25, 0.3) is 0 Å². The number of β-lactam (4-membered cyclic amide) rings is 1. The predicted molar refractivity (Wildman–Crippen MR) is 98.9 cm³/mol. The zero-order valence-corrected chi connectivity index (χ0v) is 16.4. The van der Waals surface area contributed by atoms with Crippen LogP contribution in [-0.4, -0.2) is 31.5 Å². The lowest BCUT2D eigenvalue weighted by molar-refractivity contribution is -0.159. The van der Waals surface area contributed by atoms with Crippen molar-refractivity contribution in [3.63, 3.8) is 0 Å². The number of carbonyl (C=O) groups excluding carboxylic acids is 1. The highest BCUT2D eigenvalue weighted by molar-refractivity contribution is 6.79. The number of hydrogen-bond acceptors (Lipinski definition) is 2. The zero-order valence-electron chi connectivity index (χ0n) is 14.6. The van der Waals surface area contributed by atoms with E-state index in [1.54, 1.807) is 0 Å². The molecule has 23 heavy (non-hydrogen) atoms. The summed E-state index contributed by atoms with van der Waals surface area (Å²) in [7, 11) is -1.86. The molecule has 1 aliphatic rings. The number of halogens is 1. The van der Waals surface area contributed by atoms with Crippen molar-refractivity contribution in [3.8, 4) is 0 Å². The van der Waals surface area contributed by atoms with Crippen molar-refractivity contribution in [1.29, 1.82) is 0 Å². The van der Waals surface area contributed by atoms with Crippen LogP contribution in [0.5, 0.6) is 0 Å². The number of rotatable bonds is 5. The molecule has 126 valence electrons. The maximum absolute atomic E-state index is 12.1. The van der Waals surface area contributed by atoms with E-state index in [-0.39, 0.29) is 17.2 Å². The van der Waals surface area contributed by atoms with E-state index in [0.29, 0.717) is 13.0 Å². The Hall–Kier alpha value is -1.10. The summed E-state index contributed by atoms with van der Waals surface area (Å²) in [5.41, 5.74) is 1.09. The number of ether oxygens (including phenoxy) is 1. The Labute approximate surface area is 145 Å². The first-order valence-corrected chi connectivity index (χ1v) is 11.3. The van der Waals surface area contributed by atoms with E-state index in [1.807, 2.05) is 41.0 Å². The molecule has 1 heterocycles. The van der Waals surface area contributed by atoms with Crippen LogP contribution in [0.1, 0.15) is 32.8 Å². The third-order valence-corrected chi connectivity index (χ3v) is 10.6. The molecule has 1 aromatic rings. The second-order valence-corrected chi connectivity index (χ2v) is 13.1. The summed E-state index contributed by atoms with van der Waals surface area (Å²) in [6.45, 7) is 11.6. The lowest BCUT2D eigenvalue weighted by atomic mass is 10.2. The fraction of sp³-hybridized carbons (Fsp3) is 0.500. The van der Waals surface area contributed by atoms with Crippen molar-refractivity contribution in [2.45, 2.75) is 51.6 Å². The first kappa shape index (κ1) is 18.2. The molecule has 2 rings (SSSR count). The van der Waals surface area contributed by atoms with Crippen molar-refractivity contribution < 1.29 is 9.53 Å². The second kappa shape index (κ2) is 6.79. The van der Waals surface area contributed by atoms with Gasteiger partial charge in [0.2, 0.25) is 5.91 Å². The zero-order chi connectivity index (χ0) is 17.3. The van der Waals surface area contributed by atoms with E-state index in [0.717, 1.165) is 10.6 Å². The van der Waals surface area contributed by atoms with E-state index in [4.69, 9.17) is 16.3 Å². The van der Waals surface area contributed by atoms with Crippen LogP contribution in [0.4, 0.5) is 0 Å². The summed E-state index contributed by atoms with van der Waals surface area (Å²) in [5, 5.41) is 0.862. The largest absolute Gasteiger partial charge is 0.354 e. The summed E-state index contributed by atoms with van der Waals surface area (Å²) in [6, 6.07) is 7.67. The SMILES string of the molecule is CC(C)(C)[Si](C)(C)N1C(=O)CC1OC/C=C/c1ccc(Cl)cc1. The molecular formula is C18H26ClNO2Si. The monoisotopic (exact) mass is 351 g/mol. The minimum Gasteiger partial charge on any atom is -0.354 e. The van der Waals surface area contributed by atoms with Gasteiger partial charge >= 0.3 is 0 Å². The molecule has 1 amide bonds. The molecule has 0 aromatic heterocycles. The normalized spacial score (nSPS) is 19.3. The van der Waals surface area contributed by atoms with E-state index in [2.05, 4.69) is 33.9 Å². The molecular weight excluding hydrogens is 326 g/mol. The fourth-order valence-electron chi connectivity index (χ4n) is 2.48. The predicted octanol–water partition coefficient (Wildman–Crippen LogP) is 4.93. The standard InChI is InChI=1S/C18H26ClNO2Si/c1-18(2,3)23(4,5)20-16(21)13-17(20)22-12-6-7-14-8-10-15(19)11-9-14/h6-11,17H,12-13H2,1-5H3/b7-6+. The molecule has 0 N–H and O–H groups in total. The first-order valence-electron chi connectivity index (χ1n) is 7.99. The molecule has 5 heteroatoms. The van der Waals surface area contributed by atoms with Crippen LogP contribution < -0.4 is 0 Å². The third-order valence-electron chi connectivity index (χ3n) is 4.91. The van der Waals surface area contributed by atoms with Crippen LogP contribution in [0.15, 0.2) is 30.3 Å². The average molecular weight is 352 g/mol. The molecule has 0 saturated carbocycles. The molecule has 1 saturated heterocycles. The Balaban J connectivity index is 1.91. The van der Waals surface area contributed by atoms with Gasteiger partial charge in [-0.2, -0.15) is 0 Å². The van der Waals surface area contributed by atoms with Gasteiger partial charge in [-0.25, -0.2) is 0 Å². The first-order chi connectivity index (χ1) is 10.6. The lowest BCUT2D eigenvalue weighted by Gasteiger charge is -2.54. The van der Waals surface area contributed by atoms with E-state index in [9.17, 15) is 4.79 Å². The van der Waals surface area contributed by atoms with Gasteiger partial charge in [-0.15, -0.1) is 0 Å². The average Bonchev–Trinajstić information content (AvgIpc) is 2.42. The summed E-state index contributed by atoms with van der Waals surface area (Å²) >= 11 is 5.87. The summed E-state index contributed by atoms with van der Waals surface area (Å²) in [5.74, 6) is 0.225. The Bertz CT molecular complexity index is 590. The van der Waals surface area contributed by atoms with Gasteiger partial charge in [-0.3, -0.25) is 4.79 Å². The Morgan fingerprint density at radius 1 is 1.30 bits per heavy atom. The minimum absolute atomic E-state index is 0.0711. The molecule has 1 unspecified atom stereocenters. The highest BCUT2D eigenvalue weighted by atomic mass is 35.5. The molecule has 1 aromatic carbocycles. The van der Waals surface area contributed by atoms with Crippen LogP contribution in [0, 0.1) is 0 Å². The molecule has 3 nitrogen and oxygen atoms in total. The maximum Gasteiger partial charge on any atom is 0.221 e. The topological polar surface area (TPSA) is 29.5 Å². The highest BCUT2D eigenvalue weighted by Gasteiger charge is 2.52. The van der Waals surface area contributed by atoms with Gasteiger partial charge in [0, 0.05) is 5.02 Å². The molecule has 0 radical (unpaired) electrons. The van der Waals surface area contributed by atoms with Crippen molar-refractivity contribution in [1.82, 2.24) is 4.57 Å². The van der Waals surface area contributed by atoms with Crippen molar-refractivity contribution >= 4 is 31.8 Å². The number of benzene rings is 1. The van der Waals surface area contributed by atoms with Gasteiger partial charge < -0.3 is 9.30 Å². The van der Waals surface area contributed by atoms with E-state index < -0.39 is 8.24 Å². The smallest absolute Gasteiger partial charge is 0.221 e. The Kier molecular flexibility index (Phi) is 5.39. The van der Waals surface area contributed by atoms with Crippen LogP contribution in [0.25, 0.3) is 6.08 Å². The van der Waals surface area contributed by atoms with Crippen molar-refractivity contribution in [2.75, 3.05) is 6.61 Å². The summed E-state index contributed by atoms with van der Waals surface area (Å²) in [4.78, 5) is 12.1. The fourth-order valence-corrected chi connectivity index (χ4v) is 4.93. The van der Waals surface area contributed by atoms with Crippen LogP contribution in [0.3, 0.4) is 0 Å². The Morgan fingerprint density at radius 3 is 2.43 bits per heavy atom. The van der Waals surface area contributed by atoms with E-state index in [1.165, 1.54) is 0 Å². The number of hydrogen-bond donors (Lipinski definition) is 0. The van der Waals surface area contributed by atoms with Crippen LogP contribution >= 0.6 is 11.6 Å². The summed E-state index contributed by atoms with van der Waals surface area (Å²) in [6.07, 6.45) is 4.42. The molecule has 0 bridgehead atoms. The quantitative estimate of drug-likeness (QED) is 0.555. The van der Waals surface area contributed by atoms with Gasteiger partial charge in [0.15, 0.2) is 8.24 Å². The van der Waals surface area contributed by atoms with Crippen molar-refractivity contribution in [3.05, 3.63) is 40.9 Å². The Morgan fingerprint density at radius 2 is 1.91 bits per heavy atom. The molecule has 0 spiro atoms. The molecule has 1 atom stereocenters.